The fourth-order valence-electron chi connectivity index (χ4n) is 3.70. The number of anilines is 1. The van der Waals surface area contributed by atoms with Gasteiger partial charge in [-0.2, -0.15) is 0 Å². The minimum atomic E-state index is -0.452. The van der Waals surface area contributed by atoms with Crippen LogP contribution in [0, 0.1) is 6.92 Å². The van der Waals surface area contributed by atoms with Gasteiger partial charge in [-0.25, -0.2) is 4.79 Å². The van der Waals surface area contributed by atoms with Crippen molar-refractivity contribution in [2.24, 2.45) is 0 Å². The Morgan fingerprint density at radius 3 is 2.48 bits per heavy atom. The summed E-state index contributed by atoms with van der Waals surface area (Å²) in [5.74, 6) is -0.313. The number of methoxy groups -OCH3 is 1. The number of nitrogens with one attached hydrogen (secondary N) is 1. The standard InChI is InChI=1S/C21H20N2O2/c1-14-16(20(24)25-3)13-19-21(2,15-9-5-4-6-10-15)22-17-11-7-8-12-18(17)23(14)19/h4-13,22H,1-3H3. The lowest BCUT2D eigenvalue weighted by Gasteiger charge is -2.39. The second-order valence-corrected chi connectivity index (χ2v) is 6.49. The first-order valence-electron chi connectivity index (χ1n) is 8.30. The van der Waals surface area contributed by atoms with E-state index in [2.05, 4.69) is 41.1 Å². The molecule has 1 aliphatic heterocycles. The summed E-state index contributed by atoms with van der Waals surface area (Å²) in [6.07, 6.45) is 0. The Labute approximate surface area is 147 Å². The molecule has 1 atom stereocenters. The maximum atomic E-state index is 12.3. The van der Waals surface area contributed by atoms with Crippen LogP contribution in [-0.4, -0.2) is 17.6 Å². The van der Waals surface area contributed by atoms with Crippen molar-refractivity contribution in [3.63, 3.8) is 0 Å². The monoisotopic (exact) mass is 332 g/mol. The molecule has 25 heavy (non-hydrogen) atoms. The second kappa shape index (κ2) is 5.52. The summed E-state index contributed by atoms with van der Waals surface area (Å²) in [4.78, 5) is 12.3. The molecule has 0 spiro atoms. The van der Waals surface area contributed by atoms with Gasteiger partial charge in [-0.3, -0.25) is 0 Å². The fourth-order valence-corrected chi connectivity index (χ4v) is 3.70. The first-order chi connectivity index (χ1) is 12.1. The smallest absolute Gasteiger partial charge is 0.339 e. The van der Waals surface area contributed by atoms with Crippen LogP contribution in [0.5, 0.6) is 0 Å². The first-order valence-corrected chi connectivity index (χ1v) is 8.30. The quantitative estimate of drug-likeness (QED) is 0.713. The Hall–Kier alpha value is -3.01. The second-order valence-electron chi connectivity index (χ2n) is 6.49. The van der Waals surface area contributed by atoms with Crippen LogP contribution in [-0.2, 0) is 10.3 Å². The third kappa shape index (κ3) is 2.18. The zero-order chi connectivity index (χ0) is 17.6. The highest BCUT2D eigenvalue weighted by Crippen LogP contribution is 2.43. The van der Waals surface area contributed by atoms with Gasteiger partial charge in [0.05, 0.1) is 29.7 Å². The van der Waals surface area contributed by atoms with Crippen molar-refractivity contribution < 1.29 is 9.53 Å². The van der Waals surface area contributed by atoms with Crippen LogP contribution in [0.1, 0.15) is 34.2 Å². The molecule has 2 heterocycles. The van der Waals surface area contributed by atoms with Gasteiger partial charge in [-0.05, 0) is 37.6 Å². The predicted molar refractivity (Wildman–Crippen MR) is 98.4 cm³/mol. The number of ether oxygens (including phenoxy) is 1. The summed E-state index contributed by atoms with van der Waals surface area (Å²) >= 11 is 0. The van der Waals surface area contributed by atoms with Crippen LogP contribution in [0.4, 0.5) is 5.69 Å². The summed E-state index contributed by atoms with van der Waals surface area (Å²) in [5, 5.41) is 3.67. The van der Waals surface area contributed by atoms with Crippen LogP contribution >= 0.6 is 0 Å². The molecule has 2 aromatic carbocycles. The molecule has 0 fully saturated rings. The highest BCUT2D eigenvalue weighted by molar-refractivity contribution is 5.92. The molecular weight excluding hydrogens is 312 g/mol. The van der Waals surface area contributed by atoms with E-state index in [0.29, 0.717) is 5.56 Å². The zero-order valence-electron chi connectivity index (χ0n) is 14.5. The van der Waals surface area contributed by atoms with Gasteiger partial charge in [0.25, 0.3) is 0 Å². The number of nitrogens with zero attached hydrogens (tertiary/aromatic N) is 1. The van der Waals surface area contributed by atoms with Crippen LogP contribution in [0.15, 0.2) is 60.7 Å². The predicted octanol–water partition coefficient (Wildman–Crippen LogP) is 4.26. The molecule has 0 radical (unpaired) electrons. The molecule has 4 heteroatoms. The average Bonchev–Trinajstić information content (AvgIpc) is 3.01. The van der Waals surface area contributed by atoms with Gasteiger partial charge in [0.2, 0.25) is 0 Å². The van der Waals surface area contributed by atoms with Crippen molar-refractivity contribution in [3.8, 4) is 5.69 Å². The van der Waals surface area contributed by atoms with Gasteiger partial charge >= 0.3 is 5.97 Å². The van der Waals surface area contributed by atoms with Crippen LogP contribution in [0.2, 0.25) is 0 Å². The minimum absolute atomic E-state index is 0.313. The lowest BCUT2D eigenvalue weighted by Crippen LogP contribution is -2.39. The van der Waals surface area contributed by atoms with Gasteiger partial charge in [0, 0.05) is 5.69 Å². The van der Waals surface area contributed by atoms with Crippen molar-refractivity contribution in [2.45, 2.75) is 19.4 Å². The Balaban J connectivity index is 2.04. The van der Waals surface area contributed by atoms with E-state index in [1.165, 1.54) is 7.11 Å². The summed E-state index contributed by atoms with van der Waals surface area (Å²) in [7, 11) is 1.42. The third-order valence-electron chi connectivity index (χ3n) is 5.05. The number of hydrogen-bond acceptors (Lipinski definition) is 3. The maximum absolute atomic E-state index is 12.3. The molecular formula is C21H20N2O2. The third-order valence-corrected chi connectivity index (χ3v) is 5.05. The lowest BCUT2D eigenvalue weighted by atomic mass is 9.86. The Morgan fingerprint density at radius 2 is 1.76 bits per heavy atom. The van der Waals surface area contributed by atoms with Crippen molar-refractivity contribution in [1.82, 2.24) is 4.57 Å². The largest absolute Gasteiger partial charge is 0.465 e. The summed E-state index contributed by atoms with van der Waals surface area (Å²) in [6.45, 7) is 4.11. The summed E-state index contributed by atoms with van der Waals surface area (Å²) < 4.78 is 7.14. The number of hydrogen-bond donors (Lipinski definition) is 1. The van der Waals surface area contributed by atoms with Crippen molar-refractivity contribution in [1.29, 1.82) is 0 Å². The molecule has 4 nitrogen and oxygen atoms in total. The molecule has 0 saturated heterocycles. The molecule has 0 bridgehead atoms. The number of esters is 1. The molecule has 126 valence electrons. The van der Waals surface area contributed by atoms with Crippen LogP contribution in [0.3, 0.4) is 0 Å². The highest BCUT2D eigenvalue weighted by atomic mass is 16.5. The van der Waals surface area contributed by atoms with Crippen LogP contribution in [0.25, 0.3) is 5.69 Å². The molecule has 1 unspecified atom stereocenters. The van der Waals surface area contributed by atoms with Crippen LogP contribution < -0.4 is 5.32 Å². The van der Waals surface area contributed by atoms with Crippen molar-refractivity contribution in [3.05, 3.63) is 83.2 Å². The highest BCUT2D eigenvalue weighted by Gasteiger charge is 2.38. The van der Waals surface area contributed by atoms with Gasteiger partial charge in [-0.1, -0.05) is 42.5 Å². The number of rotatable bonds is 2. The number of aromatic nitrogens is 1. The van der Waals surface area contributed by atoms with Gasteiger partial charge in [-0.15, -0.1) is 0 Å². The average molecular weight is 332 g/mol. The van der Waals surface area contributed by atoms with E-state index in [9.17, 15) is 4.79 Å². The molecule has 0 saturated carbocycles. The fraction of sp³-hybridized carbons (Fsp3) is 0.190. The number of para-hydroxylation sites is 2. The molecule has 0 aliphatic carbocycles. The maximum Gasteiger partial charge on any atom is 0.339 e. The van der Waals surface area contributed by atoms with Crippen molar-refractivity contribution >= 4 is 11.7 Å². The minimum Gasteiger partial charge on any atom is -0.465 e. The van der Waals surface area contributed by atoms with E-state index < -0.39 is 5.54 Å². The molecule has 1 aromatic heterocycles. The number of carbonyl (C=O) groups is 1. The summed E-state index contributed by atoms with van der Waals surface area (Å²) in [5.41, 5.74) is 5.27. The Bertz CT molecular complexity index is 959. The van der Waals surface area contributed by atoms with E-state index in [1.807, 2.05) is 43.3 Å². The first kappa shape index (κ1) is 15.5. The lowest BCUT2D eigenvalue weighted by molar-refractivity contribution is 0.0600. The topological polar surface area (TPSA) is 43.3 Å². The molecule has 3 aromatic rings. The van der Waals surface area contributed by atoms with Gasteiger partial charge in [0.15, 0.2) is 0 Å². The van der Waals surface area contributed by atoms with Gasteiger partial charge < -0.3 is 14.6 Å². The normalized spacial score (nSPS) is 18.0. The number of benzene rings is 2. The number of fused-ring (bicyclic) bond motifs is 3. The zero-order valence-corrected chi connectivity index (χ0v) is 14.5. The summed E-state index contributed by atoms with van der Waals surface area (Å²) in [6, 6.07) is 20.4. The molecule has 0 amide bonds. The molecule has 1 N–H and O–H groups in total. The van der Waals surface area contributed by atoms with E-state index in [4.69, 9.17) is 4.74 Å². The van der Waals surface area contributed by atoms with E-state index in [-0.39, 0.29) is 5.97 Å². The van der Waals surface area contributed by atoms with E-state index >= 15 is 0 Å². The van der Waals surface area contributed by atoms with E-state index in [0.717, 1.165) is 28.3 Å². The number of carbonyl (C=O) groups excluding carboxylic acids is 1. The Kier molecular flexibility index (Phi) is 3.42. The molecule has 1 aliphatic rings. The Morgan fingerprint density at radius 1 is 1.08 bits per heavy atom. The SMILES string of the molecule is COC(=O)c1cc2n(c1C)-c1ccccc1NC2(C)c1ccccc1. The van der Waals surface area contributed by atoms with Gasteiger partial charge in [0.1, 0.15) is 5.54 Å². The molecule has 4 rings (SSSR count). The van der Waals surface area contributed by atoms with E-state index in [1.54, 1.807) is 0 Å². The van der Waals surface area contributed by atoms with Crippen molar-refractivity contribution in [2.75, 3.05) is 12.4 Å².